The number of likely N-dealkylation sites (tertiary alicyclic amines) is 1. The predicted molar refractivity (Wildman–Crippen MR) is 157 cm³/mol. The number of aromatic nitrogens is 2. The minimum Gasteiger partial charge on any atom is -0.512 e. The summed E-state index contributed by atoms with van der Waals surface area (Å²) < 4.78 is 10.8. The van der Waals surface area contributed by atoms with E-state index in [-0.39, 0.29) is 18.5 Å². The fourth-order valence-electron chi connectivity index (χ4n) is 5.68. The van der Waals surface area contributed by atoms with Crippen molar-refractivity contribution in [1.82, 2.24) is 14.9 Å². The normalized spacial score (nSPS) is 19.8. The second-order valence-corrected chi connectivity index (χ2v) is 11.2. The monoisotopic (exact) mass is 570 g/mol. The number of aliphatic hydroxyl groups is 2. The minimum atomic E-state index is -0.557. The molecule has 2 saturated heterocycles. The molecule has 2 N–H and O–H groups in total. The van der Waals surface area contributed by atoms with Gasteiger partial charge >= 0.3 is 6.09 Å². The van der Waals surface area contributed by atoms with Gasteiger partial charge in [0.05, 0.1) is 29.7 Å². The van der Waals surface area contributed by atoms with E-state index < -0.39 is 6.10 Å². The van der Waals surface area contributed by atoms with Gasteiger partial charge < -0.3 is 29.5 Å². The third kappa shape index (κ3) is 6.20. The van der Waals surface area contributed by atoms with E-state index in [2.05, 4.69) is 11.5 Å². The van der Waals surface area contributed by atoms with Crippen molar-refractivity contribution in [2.45, 2.75) is 46.6 Å². The van der Waals surface area contributed by atoms with Crippen molar-refractivity contribution in [3.63, 3.8) is 0 Å². The lowest BCUT2D eigenvalue weighted by Crippen LogP contribution is -2.33. The fourth-order valence-corrected chi connectivity index (χ4v) is 5.88. The van der Waals surface area contributed by atoms with Crippen LogP contribution in [0.1, 0.15) is 44.9 Å². The van der Waals surface area contributed by atoms with E-state index in [9.17, 15) is 15.0 Å². The molecule has 0 unspecified atom stereocenters. The van der Waals surface area contributed by atoms with Gasteiger partial charge in [0.25, 0.3) is 0 Å². The number of amides is 1. The van der Waals surface area contributed by atoms with E-state index in [0.717, 1.165) is 30.9 Å². The number of carbonyl (C=O) groups excluding carboxylic acids is 1. The highest BCUT2D eigenvalue weighted by Gasteiger charge is 2.43. The van der Waals surface area contributed by atoms with Crippen molar-refractivity contribution in [2.24, 2.45) is 11.8 Å². The van der Waals surface area contributed by atoms with Crippen LogP contribution in [0.25, 0.3) is 17.0 Å². The molecular weight excluding hydrogens is 532 g/mol. The van der Waals surface area contributed by atoms with Crippen LogP contribution in [-0.2, 0) is 4.74 Å². The van der Waals surface area contributed by atoms with Gasteiger partial charge in [-0.05, 0) is 51.0 Å². The Morgan fingerprint density at radius 2 is 1.88 bits per heavy atom. The maximum atomic E-state index is 12.1. The Morgan fingerprint density at radius 1 is 1.20 bits per heavy atom. The van der Waals surface area contributed by atoms with E-state index in [0.29, 0.717) is 70.3 Å². The van der Waals surface area contributed by atoms with Gasteiger partial charge in [0, 0.05) is 54.7 Å². The first-order valence-corrected chi connectivity index (χ1v) is 14.0. The maximum absolute atomic E-state index is 12.1. The van der Waals surface area contributed by atoms with Crippen LogP contribution >= 0.6 is 11.6 Å². The number of halogens is 1. The molecule has 1 amide bonds. The van der Waals surface area contributed by atoms with Gasteiger partial charge in [-0.25, -0.2) is 14.8 Å². The molecule has 0 radical (unpaired) electrons. The Balaban J connectivity index is 1.74. The maximum Gasteiger partial charge on any atom is 0.409 e. The van der Waals surface area contributed by atoms with E-state index in [1.54, 1.807) is 30.0 Å². The Hall–Kier alpha value is -3.30. The van der Waals surface area contributed by atoms with Crippen molar-refractivity contribution < 1.29 is 24.5 Å². The SMILES string of the molecule is C=C(C)/C(=C(/C)O)c1nc(-c2cc(OC[C@H](O)CCC)ccc2Cl)nc(N2C[C@H]3CN(C(=O)OC)C[C@H]3C2)c1C. The molecule has 0 aliphatic carbocycles. The molecule has 0 spiro atoms. The molecule has 2 aromatic rings. The molecule has 2 aliphatic heterocycles. The molecule has 216 valence electrons. The summed E-state index contributed by atoms with van der Waals surface area (Å²) in [5, 5.41) is 21.2. The lowest BCUT2D eigenvalue weighted by Gasteiger charge is -2.25. The predicted octanol–water partition coefficient (Wildman–Crippen LogP) is 5.64. The van der Waals surface area contributed by atoms with Crippen LogP contribution in [0.4, 0.5) is 10.6 Å². The molecule has 2 aliphatic rings. The number of ether oxygens (including phenoxy) is 2. The number of anilines is 1. The van der Waals surface area contributed by atoms with Crippen LogP contribution in [-0.4, -0.2) is 77.2 Å². The number of carbonyl (C=O) groups is 1. The molecule has 1 aromatic carbocycles. The standard InChI is InChI=1S/C30H39ClN4O5/c1-7-8-22(37)16-40-23-9-10-25(31)24(11-23)28-32-27(26(17(2)3)19(5)36)18(4)29(33-28)34-12-20-14-35(30(38)39-6)15-21(20)13-34/h9-11,20-22,36-37H,2,7-8,12-16H2,1,3-6H3/b26-19+/t20-,21+,22-/m1/s1. The van der Waals surface area contributed by atoms with Gasteiger partial charge in [-0.15, -0.1) is 0 Å². The first-order valence-electron chi connectivity index (χ1n) is 13.7. The van der Waals surface area contributed by atoms with Crippen molar-refractivity contribution in [3.8, 4) is 17.1 Å². The van der Waals surface area contributed by atoms with Gasteiger partial charge in [0.1, 0.15) is 18.2 Å². The summed E-state index contributed by atoms with van der Waals surface area (Å²) >= 11 is 6.66. The van der Waals surface area contributed by atoms with Crippen LogP contribution in [0, 0.1) is 18.8 Å². The second kappa shape index (κ2) is 12.5. The topological polar surface area (TPSA) is 108 Å². The summed E-state index contributed by atoms with van der Waals surface area (Å²) in [5.74, 6) is 2.41. The number of benzene rings is 1. The zero-order valence-electron chi connectivity index (χ0n) is 23.9. The summed E-state index contributed by atoms with van der Waals surface area (Å²) in [6.45, 7) is 14.4. The Kier molecular flexibility index (Phi) is 9.26. The molecule has 9 nitrogen and oxygen atoms in total. The van der Waals surface area contributed by atoms with E-state index in [1.807, 2.05) is 20.8 Å². The largest absolute Gasteiger partial charge is 0.512 e. The molecule has 10 heteroatoms. The zero-order valence-corrected chi connectivity index (χ0v) is 24.7. The molecule has 0 bridgehead atoms. The van der Waals surface area contributed by atoms with Crippen LogP contribution in [0.2, 0.25) is 5.02 Å². The van der Waals surface area contributed by atoms with E-state index in [1.165, 1.54) is 7.11 Å². The van der Waals surface area contributed by atoms with Crippen molar-refractivity contribution >= 4 is 29.1 Å². The number of allylic oxidation sites excluding steroid dienone is 3. The molecule has 1 aromatic heterocycles. The van der Waals surface area contributed by atoms with Gasteiger partial charge in [0.15, 0.2) is 5.82 Å². The van der Waals surface area contributed by atoms with Gasteiger partial charge in [-0.1, -0.05) is 31.5 Å². The summed E-state index contributed by atoms with van der Waals surface area (Å²) in [5.41, 5.74) is 3.23. The average molecular weight is 571 g/mol. The highest BCUT2D eigenvalue weighted by Crippen LogP contribution is 2.39. The van der Waals surface area contributed by atoms with Crippen molar-refractivity contribution in [3.05, 3.63) is 52.4 Å². The third-order valence-corrected chi connectivity index (χ3v) is 7.94. The molecule has 0 saturated carbocycles. The Morgan fingerprint density at radius 3 is 2.45 bits per heavy atom. The minimum absolute atomic E-state index is 0.117. The smallest absolute Gasteiger partial charge is 0.409 e. The summed E-state index contributed by atoms with van der Waals surface area (Å²) in [7, 11) is 1.41. The third-order valence-electron chi connectivity index (χ3n) is 7.61. The van der Waals surface area contributed by atoms with Gasteiger partial charge in [-0.3, -0.25) is 0 Å². The van der Waals surface area contributed by atoms with Crippen LogP contribution < -0.4 is 9.64 Å². The Bertz CT molecular complexity index is 1300. The number of methoxy groups -OCH3 is 1. The molecule has 4 rings (SSSR count). The average Bonchev–Trinajstić information content (AvgIpc) is 3.48. The van der Waals surface area contributed by atoms with Crippen molar-refractivity contribution in [1.29, 1.82) is 0 Å². The summed E-state index contributed by atoms with van der Waals surface area (Å²) in [6.07, 6.45) is 0.664. The number of nitrogens with zero attached hydrogens (tertiary/aromatic N) is 4. The summed E-state index contributed by atoms with van der Waals surface area (Å²) in [6, 6.07) is 5.27. The number of fused-ring (bicyclic) bond motifs is 1. The number of hydrogen-bond donors (Lipinski definition) is 2. The number of hydrogen-bond acceptors (Lipinski definition) is 8. The summed E-state index contributed by atoms with van der Waals surface area (Å²) in [4.78, 5) is 25.9. The molecule has 3 heterocycles. The van der Waals surface area contributed by atoms with Crippen LogP contribution in [0.15, 0.2) is 36.1 Å². The lowest BCUT2D eigenvalue weighted by atomic mass is 9.99. The quantitative estimate of drug-likeness (QED) is 0.294. The van der Waals surface area contributed by atoms with Crippen molar-refractivity contribution in [2.75, 3.05) is 44.8 Å². The first-order chi connectivity index (χ1) is 19.0. The Labute approximate surface area is 241 Å². The molecular formula is C30H39ClN4O5. The zero-order chi connectivity index (χ0) is 29.1. The first kappa shape index (κ1) is 29.7. The molecule has 3 atom stereocenters. The lowest BCUT2D eigenvalue weighted by molar-refractivity contribution is 0.0994. The number of aliphatic hydroxyl groups excluding tert-OH is 2. The number of rotatable bonds is 9. The fraction of sp³-hybridized carbons (Fsp3) is 0.500. The highest BCUT2D eigenvalue weighted by molar-refractivity contribution is 6.33. The van der Waals surface area contributed by atoms with Crippen LogP contribution in [0.5, 0.6) is 5.75 Å². The van der Waals surface area contributed by atoms with Gasteiger partial charge in [0.2, 0.25) is 0 Å². The van der Waals surface area contributed by atoms with E-state index in [4.69, 9.17) is 31.0 Å². The molecule has 2 fully saturated rings. The van der Waals surface area contributed by atoms with Crippen LogP contribution in [0.3, 0.4) is 0 Å². The van der Waals surface area contributed by atoms with E-state index >= 15 is 0 Å². The second-order valence-electron chi connectivity index (χ2n) is 10.8. The highest BCUT2D eigenvalue weighted by atomic mass is 35.5. The molecule has 40 heavy (non-hydrogen) atoms. The van der Waals surface area contributed by atoms with Gasteiger partial charge in [-0.2, -0.15) is 0 Å².